The van der Waals surface area contributed by atoms with Gasteiger partial charge in [-0.3, -0.25) is 9.69 Å². The number of rotatable bonds is 5. The number of nitrogens with zero attached hydrogens (tertiary/aromatic N) is 3. The highest BCUT2D eigenvalue weighted by molar-refractivity contribution is 6.33. The summed E-state index contributed by atoms with van der Waals surface area (Å²) in [7, 11) is 0. The minimum atomic E-state index is -0.377. The van der Waals surface area contributed by atoms with Gasteiger partial charge in [0.05, 0.1) is 11.1 Å². The largest absolute Gasteiger partial charge is 0.392 e. The Bertz CT molecular complexity index is 698. The van der Waals surface area contributed by atoms with Crippen LogP contribution in [0, 0.1) is 0 Å². The van der Waals surface area contributed by atoms with Crippen LogP contribution in [0.4, 0.5) is 0 Å². The van der Waals surface area contributed by atoms with Crippen LogP contribution < -0.4 is 5.32 Å². The standard InChI is InChI=1S/C17H19ClN4O2/c18-15-8-19-11-21-16(15)17(24)20-7-13-6-14(23)10-22(13)9-12-4-2-1-3-5-12/h1-5,8,11,13-14,23H,6-7,9-10H2,(H,20,24). The molecule has 1 aromatic heterocycles. The zero-order valence-corrected chi connectivity index (χ0v) is 13.9. The molecule has 1 aromatic carbocycles. The molecule has 0 spiro atoms. The average molecular weight is 347 g/mol. The summed E-state index contributed by atoms with van der Waals surface area (Å²) in [4.78, 5) is 22.1. The molecule has 6 nitrogen and oxygen atoms in total. The lowest BCUT2D eigenvalue weighted by atomic mass is 10.1. The maximum Gasteiger partial charge on any atom is 0.271 e. The molecule has 2 heterocycles. The van der Waals surface area contributed by atoms with Gasteiger partial charge in [-0.1, -0.05) is 41.9 Å². The predicted octanol–water partition coefficient (Wildman–Crippen LogP) is 1.50. The normalized spacial score (nSPS) is 20.9. The van der Waals surface area contributed by atoms with Crippen LogP contribution in [0.15, 0.2) is 42.9 Å². The molecule has 1 saturated heterocycles. The van der Waals surface area contributed by atoms with E-state index < -0.39 is 0 Å². The molecular weight excluding hydrogens is 328 g/mol. The Morgan fingerprint density at radius 3 is 2.92 bits per heavy atom. The Morgan fingerprint density at radius 2 is 2.17 bits per heavy atom. The van der Waals surface area contributed by atoms with E-state index in [0.29, 0.717) is 19.5 Å². The van der Waals surface area contributed by atoms with Crippen molar-refractivity contribution < 1.29 is 9.90 Å². The van der Waals surface area contributed by atoms with E-state index in [1.807, 2.05) is 18.2 Å². The molecule has 0 radical (unpaired) electrons. The zero-order valence-electron chi connectivity index (χ0n) is 13.1. The number of halogens is 1. The van der Waals surface area contributed by atoms with Gasteiger partial charge in [0.2, 0.25) is 0 Å². The lowest BCUT2D eigenvalue weighted by Crippen LogP contribution is -2.40. The van der Waals surface area contributed by atoms with Crippen molar-refractivity contribution in [3.63, 3.8) is 0 Å². The average Bonchev–Trinajstić information content (AvgIpc) is 2.93. The Kier molecular flexibility index (Phi) is 5.40. The first kappa shape index (κ1) is 16.8. The molecule has 2 atom stereocenters. The molecule has 126 valence electrons. The lowest BCUT2D eigenvalue weighted by molar-refractivity contribution is 0.0935. The minimum absolute atomic E-state index is 0.0739. The fourth-order valence-corrected chi connectivity index (χ4v) is 3.15. The van der Waals surface area contributed by atoms with E-state index in [4.69, 9.17) is 11.6 Å². The van der Waals surface area contributed by atoms with Crippen molar-refractivity contribution in [2.45, 2.75) is 25.1 Å². The second-order valence-corrected chi connectivity index (χ2v) is 6.29. The van der Waals surface area contributed by atoms with Gasteiger partial charge < -0.3 is 10.4 Å². The molecule has 2 N–H and O–H groups in total. The van der Waals surface area contributed by atoms with Gasteiger partial charge >= 0.3 is 0 Å². The number of amides is 1. The zero-order chi connectivity index (χ0) is 16.9. The van der Waals surface area contributed by atoms with E-state index in [9.17, 15) is 9.90 Å². The number of benzene rings is 1. The molecule has 1 amide bonds. The number of hydrogen-bond donors (Lipinski definition) is 2. The van der Waals surface area contributed by atoms with Crippen LogP contribution >= 0.6 is 11.6 Å². The summed E-state index contributed by atoms with van der Waals surface area (Å²) in [6, 6.07) is 10.2. The van der Waals surface area contributed by atoms with Crippen molar-refractivity contribution in [3.05, 3.63) is 59.1 Å². The molecular formula is C17H19ClN4O2. The molecule has 24 heavy (non-hydrogen) atoms. The first-order valence-electron chi connectivity index (χ1n) is 7.83. The third kappa shape index (κ3) is 4.08. The fourth-order valence-electron chi connectivity index (χ4n) is 2.96. The van der Waals surface area contributed by atoms with Gasteiger partial charge in [0.15, 0.2) is 0 Å². The number of likely N-dealkylation sites (tertiary alicyclic amines) is 1. The van der Waals surface area contributed by atoms with Crippen molar-refractivity contribution in [3.8, 4) is 0 Å². The molecule has 3 rings (SSSR count). The molecule has 7 heteroatoms. The van der Waals surface area contributed by atoms with Gasteiger partial charge in [0.1, 0.15) is 12.0 Å². The fraction of sp³-hybridized carbons (Fsp3) is 0.353. The molecule has 2 aromatic rings. The Labute approximate surface area is 145 Å². The Hall–Kier alpha value is -2.02. The second kappa shape index (κ2) is 7.70. The number of aromatic nitrogens is 2. The van der Waals surface area contributed by atoms with Crippen molar-refractivity contribution in [2.75, 3.05) is 13.1 Å². The summed E-state index contributed by atoms with van der Waals surface area (Å²) in [5, 5.41) is 13.1. The van der Waals surface area contributed by atoms with Crippen molar-refractivity contribution in [1.82, 2.24) is 20.2 Å². The van der Waals surface area contributed by atoms with Gasteiger partial charge in [0, 0.05) is 31.9 Å². The molecule has 2 unspecified atom stereocenters. The summed E-state index contributed by atoms with van der Waals surface area (Å²) in [6.07, 6.45) is 2.94. The third-order valence-electron chi connectivity index (χ3n) is 4.12. The summed E-state index contributed by atoms with van der Waals surface area (Å²) in [5.41, 5.74) is 1.35. The molecule has 0 aliphatic carbocycles. The van der Waals surface area contributed by atoms with Gasteiger partial charge in [-0.25, -0.2) is 9.97 Å². The smallest absolute Gasteiger partial charge is 0.271 e. The summed E-state index contributed by atoms with van der Waals surface area (Å²) in [6.45, 7) is 1.78. The topological polar surface area (TPSA) is 78.4 Å². The van der Waals surface area contributed by atoms with Crippen LogP contribution in [0.3, 0.4) is 0 Å². The monoisotopic (exact) mass is 346 g/mol. The summed E-state index contributed by atoms with van der Waals surface area (Å²) >= 11 is 5.94. The Morgan fingerprint density at radius 1 is 1.38 bits per heavy atom. The highest BCUT2D eigenvalue weighted by atomic mass is 35.5. The SMILES string of the molecule is O=C(NCC1CC(O)CN1Cc1ccccc1)c1ncncc1Cl. The van der Waals surface area contributed by atoms with Crippen LogP contribution in [0.5, 0.6) is 0 Å². The van der Waals surface area contributed by atoms with E-state index in [1.54, 1.807) is 0 Å². The third-order valence-corrected chi connectivity index (χ3v) is 4.39. The number of aliphatic hydroxyl groups is 1. The maximum absolute atomic E-state index is 12.2. The van der Waals surface area contributed by atoms with Gasteiger partial charge in [-0.15, -0.1) is 0 Å². The highest BCUT2D eigenvalue weighted by Gasteiger charge is 2.31. The number of β-amino-alcohol motifs (C(OH)–C–C–N with tert-alkyl or cyclic N) is 1. The summed E-state index contributed by atoms with van der Waals surface area (Å²) < 4.78 is 0. The quantitative estimate of drug-likeness (QED) is 0.857. The van der Waals surface area contributed by atoms with Gasteiger partial charge in [0.25, 0.3) is 5.91 Å². The van der Waals surface area contributed by atoms with E-state index in [1.165, 1.54) is 18.1 Å². The van der Waals surface area contributed by atoms with Crippen molar-refractivity contribution in [1.29, 1.82) is 0 Å². The van der Waals surface area contributed by atoms with Crippen LogP contribution in [0.25, 0.3) is 0 Å². The number of carbonyl (C=O) groups is 1. The van der Waals surface area contributed by atoms with E-state index >= 15 is 0 Å². The second-order valence-electron chi connectivity index (χ2n) is 5.89. The van der Waals surface area contributed by atoms with E-state index in [2.05, 4.69) is 32.3 Å². The summed E-state index contributed by atoms with van der Waals surface area (Å²) in [5.74, 6) is -0.330. The minimum Gasteiger partial charge on any atom is -0.392 e. The molecule has 1 aliphatic heterocycles. The predicted molar refractivity (Wildman–Crippen MR) is 90.6 cm³/mol. The van der Waals surface area contributed by atoms with E-state index in [0.717, 1.165) is 6.54 Å². The van der Waals surface area contributed by atoms with Crippen molar-refractivity contribution >= 4 is 17.5 Å². The number of aliphatic hydroxyl groups excluding tert-OH is 1. The number of carbonyl (C=O) groups excluding carboxylic acids is 1. The van der Waals surface area contributed by atoms with Gasteiger partial charge in [-0.2, -0.15) is 0 Å². The first-order valence-corrected chi connectivity index (χ1v) is 8.21. The van der Waals surface area contributed by atoms with Gasteiger partial charge in [-0.05, 0) is 12.0 Å². The number of nitrogens with one attached hydrogen (secondary N) is 1. The Balaban J connectivity index is 1.60. The van der Waals surface area contributed by atoms with E-state index in [-0.39, 0.29) is 28.8 Å². The van der Waals surface area contributed by atoms with Crippen LogP contribution in [0.1, 0.15) is 22.5 Å². The highest BCUT2D eigenvalue weighted by Crippen LogP contribution is 2.20. The lowest BCUT2D eigenvalue weighted by Gasteiger charge is -2.24. The van der Waals surface area contributed by atoms with Crippen molar-refractivity contribution in [2.24, 2.45) is 0 Å². The first-order chi connectivity index (χ1) is 11.6. The molecule has 1 aliphatic rings. The van der Waals surface area contributed by atoms with Crippen LogP contribution in [-0.2, 0) is 6.54 Å². The molecule has 0 bridgehead atoms. The van der Waals surface area contributed by atoms with Crippen LogP contribution in [-0.4, -0.2) is 51.1 Å². The van der Waals surface area contributed by atoms with Crippen LogP contribution in [0.2, 0.25) is 5.02 Å². The molecule has 0 saturated carbocycles. The number of hydrogen-bond acceptors (Lipinski definition) is 5. The molecule has 1 fully saturated rings. The maximum atomic E-state index is 12.2.